The second-order valence-corrected chi connectivity index (χ2v) is 4.40. The standard InChI is InChI=1S/C6H6ClF3S/c7-5(6(8,9)10)3-1-2-4-11-5/h1-2H,3-4H2. The Bertz CT molecular complexity index is 177. The lowest BCUT2D eigenvalue weighted by Gasteiger charge is -2.29. The summed E-state index contributed by atoms with van der Waals surface area (Å²) in [5, 5.41) is 0. The van der Waals surface area contributed by atoms with Crippen molar-refractivity contribution in [2.75, 3.05) is 5.75 Å². The van der Waals surface area contributed by atoms with Gasteiger partial charge in [-0.05, 0) is 0 Å². The Morgan fingerprint density at radius 3 is 2.27 bits per heavy atom. The van der Waals surface area contributed by atoms with Crippen molar-refractivity contribution in [3.63, 3.8) is 0 Å². The molecule has 1 unspecified atom stereocenters. The summed E-state index contributed by atoms with van der Waals surface area (Å²) in [4.78, 5) is 0. The molecule has 0 saturated carbocycles. The summed E-state index contributed by atoms with van der Waals surface area (Å²) in [6.07, 6.45) is -1.29. The molecular weight excluding hydrogens is 197 g/mol. The third kappa shape index (κ3) is 1.85. The van der Waals surface area contributed by atoms with Gasteiger partial charge in [-0.1, -0.05) is 23.8 Å². The maximum absolute atomic E-state index is 12.1. The molecule has 64 valence electrons. The second-order valence-electron chi connectivity index (χ2n) is 2.21. The van der Waals surface area contributed by atoms with E-state index in [4.69, 9.17) is 11.6 Å². The van der Waals surface area contributed by atoms with Crippen LogP contribution in [-0.2, 0) is 0 Å². The minimum absolute atomic E-state index is 0.136. The molecule has 1 rings (SSSR count). The van der Waals surface area contributed by atoms with Crippen molar-refractivity contribution >= 4 is 23.4 Å². The van der Waals surface area contributed by atoms with Gasteiger partial charge in [0.2, 0.25) is 0 Å². The highest BCUT2D eigenvalue weighted by Gasteiger charge is 2.53. The van der Waals surface area contributed by atoms with E-state index in [-0.39, 0.29) is 6.42 Å². The van der Waals surface area contributed by atoms with Gasteiger partial charge in [0.05, 0.1) is 0 Å². The van der Waals surface area contributed by atoms with Gasteiger partial charge in [-0.2, -0.15) is 13.2 Å². The van der Waals surface area contributed by atoms with Crippen molar-refractivity contribution in [2.45, 2.75) is 16.8 Å². The van der Waals surface area contributed by atoms with Crippen LogP contribution in [0.1, 0.15) is 6.42 Å². The molecule has 11 heavy (non-hydrogen) atoms. The molecule has 0 aromatic carbocycles. The molecule has 0 spiro atoms. The molecule has 0 fully saturated rings. The normalized spacial score (nSPS) is 32.4. The van der Waals surface area contributed by atoms with E-state index in [9.17, 15) is 13.2 Å². The van der Waals surface area contributed by atoms with Gasteiger partial charge in [0, 0.05) is 12.2 Å². The van der Waals surface area contributed by atoms with Crippen molar-refractivity contribution in [2.24, 2.45) is 0 Å². The highest BCUT2D eigenvalue weighted by Crippen LogP contribution is 2.49. The number of rotatable bonds is 0. The third-order valence-corrected chi connectivity index (χ3v) is 3.29. The fourth-order valence-corrected chi connectivity index (χ4v) is 1.89. The first kappa shape index (κ1) is 9.26. The number of halogens is 4. The van der Waals surface area contributed by atoms with Gasteiger partial charge in [0.15, 0.2) is 4.21 Å². The van der Waals surface area contributed by atoms with E-state index in [1.807, 2.05) is 0 Å². The Morgan fingerprint density at radius 1 is 1.36 bits per heavy atom. The maximum atomic E-state index is 12.1. The van der Waals surface area contributed by atoms with E-state index in [2.05, 4.69) is 0 Å². The van der Waals surface area contributed by atoms with Gasteiger partial charge in [-0.25, -0.2) is 0 Å². The molecule has 0 saturated heterocycles. The highest BCUT2D eigenvalue weighted by atomic mass is 35.5. The second kappa shape index (κ2) is 2.90. The van der Waals surface area contributed by atoms with Crippen LogP contribution in [0, 0.1) is 0 Å². The number of hydrogen-bond donors (Lipinski definition) is 0. The van der Waals surface area contributed by atoms with E-state index >= 15 is 0 Å². The summed E-state index contributed by atoms with van der Waals surface area (Å²) in [6, 6.07) is 0. The highest BCUT2D eigenvalue weighted by molar-refractivity contribution is 8.02. The molecule has 0 N–H and O–H groups in total. The fraction of sp³-hybridized carbons (Fsp3) is 0.667. The average Bonchev–Trinajstić information content (AvgIpc) is 1.87. The van der Waals surface area contributed by atoms with Crippen LogP contribution in [0.5, 0.6) is 0 Å². The minimum atomic E-state index is -4.32. The van der Waals surface area contributed by atoms with Gasteiger partial charge >= 0.3 is 6.18 Å². The molecule has 1 heterocycles. The van der Waals surface area contributed by atoms with Crippen LogP contribution in [0.25, 0.3) is 0 Å². The maximum Gasteiger partial charge on any atom is 0.417 e. The molecule has 0 aliphatic carbocycles. The molecule has 5 heteroatoms. The largest absolute Gasteiger partial charge is 0.417 e. The van der Waals surface area contributed by atoms with Gasteiger partial charge in [0.25, 0.3) is 0 Å². The first-order valence-corrected chi connectivity index (χ1v) is 4.37. The number of allylic oxidation sites excluding steroid dienone is 1. The van der Waals surface area contributed by atoms with Crippen molar-refractivity contribution in [3.8, 4) is 0 Å². The van der Waals surface area contributed by atoms with Crippen molar-refractivity contribution < 1.29 is 13.2 Å². The summed E-state index contributed by atoms with van der Waals surface area (Å²) in [5.41, 5.74) is 0. The van der Waals surface area contributed by atoms with E-state index in [0.717, 1.165) is 11.8 Å². The first-order chi connectivity index (χ1) is 4.96. The zero-order valence-electron chi connectivity index (χ0n) is 5.49. The van der Waals surface area contributed by atoms with Crippen LogP contribution in [0.3, 0.4) is 0 Å². The summed E-state index contributed by atoms with van der Waals surface area (Å²) < 4.78 is 34.3. The predicted octanol–water partition coefficient (Wildman–Crippen LogP) is 3.18. The zero-order valence-corrected chi connectivity index (χ0v) is 7.06. The smallest absolute Gasteiger partial charge is 0.168 e. The Hall–Kier alpha value is 0.170. The van der Waals surface area contributed by atoms with Crippen LogP contribution in [0.4, 0.5) is 13.2 Å². The third-order valence-electron chi connectivity index (χ3n) is 1.38. The summed E-state index contributed by atoms with van der Waals surface area (Å²) in [5.74, 6) is 0.336. The zero-order chi connectivity index (χ0) is 8.54. The van der Waals surface area contributed by atoms with Crippen molar-refractivity contribution in [1.29, 1.82) is 0 Å². The summed E-state index contributed by atoms with van der Waals surface area (Å²) in [6.45, 7) is 0. The van der Waals surface area contributed by atoms with Gasteiger partial charge in [0.1, 0.15) is 0 Å². The monoisotopic (exact) mass is 202 g/mol. The minimum Gasteiger partial charge on any atom is -0.168 e. The lowest BCUT2D eigenvalue weighted by Crippen LogP contribution is -2.37. The van der Waals surface area contributed by atoms with E-state index in [0.29, 0.717) is 5.75 Å². The van der Waals surface area contributed by atoms with Crippen LogP contribution in [-0.4, -0.2) is 16.1 Å². The van der Waals surface area contributed by atoms with Crippen molar-refractivity contribution in [3.05, 3.63) is 12.2 Å². The summed E-state index contributed by atoms with van der Waals surface area (Å²) >= 11 is 6.06. The van der Waals surface area contributed by atoms with Gasteiger partial charge < -0.3 is 0 Å². The van der Waals surface area contributed by atoms with Crippen LogP contribution in [0.15, 0.2) is 12.2 Å². The molecule has 0 aromatic rings. The van der Waals surface area contributed by atoms with Crippen molar-refractivity contribution in [1.82, 2.24) is 0 Å². The molecule has 0 aromatic heterocycles. The quantitative estimate of drug-likeness (QED) is 0.430. The molecule has 1 aliphatic heterocycles. The molecule has 0 bridgehead atoms. The molecule has 0 radical (unpaired) electrons. The molecule has 0 nitrogen and oxygen atoms in total. The lowest BCUT2D eigenvalue weighted by molar-refractivity contribution is -0.138. The molecule has 1 atom stereocenters. The number of alkyl halides is 4. The van der Waals surface area contributed by atoms with Gasteiger partial charge in [-0.15, -0.1) is 11.8 Å². The van der Waals surface area contributed by atoms with Gasteiger partial charge in [-0.3, -0.25) is 0 Å². The lowest BCUT2D eigenvalue weighted by atomic mass is 10.2. The topological polar surface area (TPSA) is 0 Å². The van der Waals surface area contributed by atoms with E-state index in [1.165, 1.54) is 6.08 Å². The molecule has 1 aliphatic rings. The molecular formula is C6H6ClF3S. The van der Waals surface area contributed by atoms with E-state index < -0.39 is 10.4 Å². The predicted molar refractivity (Wildman–Crippen MR) is 40.9 cm³/mol. The Balaban J connectivity index is 2.74. The fourth-order valence-electron chi connectivity index (χ4n) is 0.740. The Labute approximate surface area is 71.8 Å². The van der Waals surface area contributed by atoms with Crippen LogP contribution < -0.4 is 0 Å². The van der Waals surface area contributed by atoms with E-state index in [1.54, 1.807) is 6.08 Å². The first-order valence-electron chi connectivity index (χ1n) is 3.00. The number of thioether (sulfide) groups is 1. The van der Waals surface area contributed by atoms with Crippen LogP contribution >= 0.6 is 23.4 Å². The Kier molecular flexibility index (Phi) is 2.44. The average molecular weight is 203 g/mol. The SMILES string of the molecule is FC(F)(F)C1(Cl)CC=CCS1. The van der Waals surface area contributed by atoms with Crippen LogP contribution in [0.2, 0.25) is 0 Å². The summed E-state index contributed by atoms with van der Waals surface area (Å²) in [7, 11) is 0. The number of hydrogen-bond acceptors (Lipinski definition) is 1. The Morgan fingerprint density at radius 2 is 2.00 bits per heavy atom. The molecule has 0 amide bonds.